The van der Waals surface area contributed by atoms with Gasteiger partial charge in [-0.3, -0.25) is 4.68 Å². The summed E-state index contributed by atoms with van der Waals surface area (Å²) < 4.78 is 1.63. The predicted octanol–water partition coefficient (Wildman–Crippen LogP) is 1.15. The number of aryl methyl sites for hydroxylation is 1. The van der Waals surface area contributed by atoms with E-state index in [1.54, 1.807) is 24.0 Å². The molecule has 2 unspecified atom stereocenters. The van der Waals surface area contributed by atoms with Crippen LogP contribution < -0.4 is 5.73 Å². The molecule has 84 valence electrons. The third-order valence-electron chi connectivity index (χ3n) is 2.69. The van der Waals surface area contributed by atoms with Crippen molar-refractivity contribution in [2.75, 3.05) is 0 Å². The van der Waals surface area contributed by atoms with Crippen molar-refractivity contribution >= 4 is 0 Å². The van der Waals surface area contributed by atoms with E-state index in [4.69, 9.17) is 5.73 Å². The number of hydrogen-bond donors (Lipinski definition) is 2. The molecule has 0 aliphatic heterocycles. The maximum Gasteiger partial charge on any atom is 0.115 e. The van der Waals surface area contributed by atoms with Gasteiger partial charge in [-0.2, -0.15) is 5.10 Å². The van der Waals surface area contributed by atoms with Crippen molar-refractivity contribution in [2.45, 2.75) is 12.1 Å². The van der Waals surface area contributed by atoms with E-state index >= 15 is 0 Å². The minimum atomic E-state index is -0.741. The molecule has 2 atom stereocenters. The molecule has 0 bridgehead atoms. The summed E-state index contributed by atoms with van der Waals surface area (Å²) in [6, 6.07) is 10.9. The van der Waals surface area contributed by atoms with Gasteiger partial charge in [0.25, 0.3) is 0 Å². The van der Waals surface area contributed by atoms with E-state index in [1.807, 2.05) is 30.3 Å². The first-order valence-corrected chi connectivity index (χ1v) is 5.16. The lowest BCUT2D eigenvalue weighted by Crippen LogP contribution is -2.21. The van der Waals surface area contributed by atoms with Gasteiger partial charge in [-0.15, -0.1) is 0 Å². The molecule has 0 saturated heterocycles. The molecule has 0 fully saturated rings. The van der Waals surface area contributed by atoms with Crippen LogP contribution in [0.1, 0.15) is 23.4 Å². The van der Waals surface area contributed by atoms with Crippen molar-refractivity contribution in [3.8, 4) is 0 Å². The molecule has 1 aromatic carbocycles. The van der Waals surface area contributed by atoms with Crippen molar-refractivity contribution < 1.29 is 5.11 Å². The molecule has 2 rings (SSSR count). The van der Waals surface area contributed by atoms with Gasteiger partial charge in [0.05, 0.1) is 11.7 Å². The van der Waals surface area contributed by atoms with E-state index in [2.05, 4.69) is 5.10 Å². The third kappa shape index (κ3) is 1.98. The second-order valence-electron chi connectivity index (χ2n) is 3.76. The lowest BCUT2D eigenvalue weighted by atomic mass is 10.0. The van der Waals surface area contributed by atoms with Gasteiger partial charge >= 0.3 is 0 Å². The summed E-state index contributed by atoms with van der Waals surface area (Å²) in [5, 5.41) is 14.1. The second kappa shape index (κ2) is 4.47. The number of aromatic nitrogens is 2. The van der Waals surface area contributed by atoms with Crippen LogP contribution in [0.5, 0.6) is 0 Å². The molecule has 2 aromatic rings. The van der Waals surface area contributed by atoms with Gasteiger partial charge in [-0.25, -0.2) is 0 Å². The molecule has 0 amide bonds. The molecule has 0 radical (unpaired) electrons. The van der Waals surface area contributed by atoms with Crippen LogP contribution >= 0.6 is 0 Å². The van der Waals surface area contributed by atoms with Crippen molar-refractivity contribution in [1.29, 1.82) is 0 Å². The fraction of sp³-hybridized carbons (Fsp3) is 0.250. The first-order chi connectivity index (χ1) is 7.70. The summed E-state index contributed by atoms with van der Waals surface area (Å²) in [4.78, 5) is 0. The van der Waals surface area contributed by atoms with Gasteiger partial charge in [0.1, 0.15) is 6.10 Å². The lowest BCUT2D eigenvalue weighted by Gasteiger charge is -2.19. The van der Waals surface area contributed by atoms with Crippen LogP contribution in [0.15, 0.2) is 42.6 Å². The molecule has 0 spiro atoms. The SMILES string of the molecule is Cn1nccc1C(O)C(N)c1ccccc1. The highest BCUT2D eigenvalue weighted by Crippen LogP contribution is 2.25. The van der Waals surface area contributed by atoms with E-state index in [0.29, 0.717) is 0 Å². The van der Waals surface area contributed by atoms with Gasteiger partial charge in [0.2, 0.25) is 0 Å². The summed E-state index contributed by atoms with van der Waals surface area (Å²) in [6.45, 7) is 0. The first-order valence-electron chi connectivity index (χ1n) is 5.16. The number of aliphatic hydroxyl groups excluding tert-OH is 1. The fourth-order valence-corrected chi connectivity index (χ4v) is 1.72. The monoisotopic (exact) mass is 217 g/mol. The predicted molar refractivity (Wildman–Crippen MR) is 61.5 cm³/mol. The van der Waals surface area contributed by atoms with E-state index in [1.165, 1.54) is 0 Å². The second-order valence-corrected chi connectivity index (χ2v) is 3.76. The van der Waals surface area contributed by atoms with Crippen molar-refractivity contribution in [3.05, 3.63) is 53.9 Å². The zero-order chi connectivity index (χ0) is 11.5. The molecular weight excluding hydrogens is 202 g/mol. The first kappa shape index (κ1) is 10.9. The molecule has 1 heterocycles. The number of hydrogen-bond acceptors (Lipinski definition) is 3. The summed E-state index contributed by atoms with van der Waals surface area (Å²) in [7, 11) is 1.79. The van der Waals surface area contributed by atoms with Gasteiger partial charge < -0.3 is 10.8 Å². The Balaban J connectivity index is 2.23. The largest absolute Gasteiger partial charge is 0.385 e. The van der Waals surface area contributed by atoms with Gasteiger partial charge in [0, 0.05) is 13.2 Å². The highest BCUT2D eigenvalue weighted by atomic mass is 16.3. The standard InChI is InChI=1S/C12H15N3O/c1-15-10(7-8-14-15)12(16)11(13)9-5-3-2-4-6-9/h2-8,11-12,16H,13H2,1H3. The average molecular weight is 217 g/mol. The minimum Gasteiger partial charge on any atom is -0.385 e. The molecule has 4 nitrogen and oxygen atoms in total. The molecule has 0 aliphatic carbocycles. The quantitative estimate of drug-likeness (QED) is 0.810. The molecule has 16 heavy (non-hydrogen) atoms. The van der Waals surface area contributed by atoms with Crippen LogP contribution in [0.25, 0.3) is 0 Å². The highest BCUT2D eigenvalue weighted by Gasteiger charge is 2.20. The minimum absolute atomic E-state index is 0.434. The number of aliphatic hydroxyl groups is 1. The molecule has 0 aliphatic rings. The van der Waals surface area contributed by atoms with Crippen LogP contribution in [-0.4, -0.2) is 14.9 Å². The Kier molecular flexibility index (Phi) is 3.03. The lowest BCUT2D eigenvalue weighted by molar-refractivity contribution is 0.138. The maximum absolute atomic E-state index is 10.1. The Morgan fingerprint density at radius 1 is 1.25 bits per heavy atom. The Hall–Kier alpha value is -1.65. The third-order valence-corrected chi connectivity index (χ3v) is 2.69. The topological polar surface area (TPSA) is 64.1 Å². The Morgan fingerprint density at radius 3 is 2.50 bits per heavy atom. The van der Waals surface area contributed by atoms with Crippen molar-refractivity contribution in [1.82, 2.24) is 9.78 Å². The smallest absolute Gasteiger partial charge is 0.115 e. The van der Waals surface area contributed by atoms with Crippen LogP contribution in [0.4, 0.5) is 0 Å². The van der Waals surface area contributed by atoms with Crippen molar-refractivity contribution in [2.24, 2.45) is 12.8 Å². The zero-order valence-corrected chi connectivity index (χ0v) is 9.12. The fourth-order valence-electron chi connectivity index (χ4n) is 1.72. The molecule has 0 saturated carbocycles. The normalized spacial score (nSPS) is 14.7. The Labute approximate surface area is 94.3 Å². The average Bonchev–Trinajstić information content (AvgIpc) is 2.75. The van der Waals surface area contributed by atoms with Gasteiger partial charge in [0.15, 0.2) is 0 Å². The Morgan fingerprint density at radius 2 is 1.94 bits per heavy atom. The number of benzene rings is 1. The molecule has 4 heteroatoms. The van der Waals surface area contributed by atoms with Crippen LogP contribution in [0.2, 0.25) is 0 Å². The number of nitrogens with zero attached hydrogens (tertiary/aromatic N) is 2. The molecule has 1 aromatic heterocycles. The number of nitrogens with two attached hydrogens (primary N) is 1. The van der Waals surface area contributed by atoms with E-state index in [9.17, 15) is 5.11 Å². The van der Waals surface area contributed by atoms with Crippen LogP contribution in [-0.2, 0) is 7.05 Å². The molecular formula is C12H15N3O. The number of rotatable bonds is 3. The van der Waals surface area contributed by atoms with E-state index < -0.39 is 12.1 Å². The summed E-state index contributed by atoms with van der Waals surface area (Å²) >= 11 is 0. The maximum atomic E-state index is 10.1. The summed E-state index contributed by atoms with van der Waals surface area (Å²) in [5.74, 6) is 0. The van der Waals surface area contributed by atoms with Crippen LogP contribution in [0.3, 0.4) is 0 Å². The van der Waals surface area contributed by atoms with Crippen molar-refractivity contribution in [3.63, 3.8) is 0 Å². The van der Waals surface area contributed by atoms with E-state index in [-0.39, 0.29) is 0 Å². The summed E-state index contributed by atoms with van der Waals surface area (Å²) in [6.07, 6.45) is 0.908. The summed E-state index contributed by atoms with van der Waals surface area (Å²) in [5.41, 5.74) is 7.64. The van der Waals surface area contributed by atoms with Gasteiger partial charge in [-0.05, 0) is 11.6 Å². The van der Waals surface area contributed by atoms with Crippen LogP contribution in [0, 0.1) is 0 Å². The Bertz CT molecular complexity index is 452. The molecule has 3 N–H and O–H groups in total. The highest BCUT2D eigenvalue weighted by molar-refractivity contribution is 5.22. The van der Waals surface area contributed by atoms with E-state index in [0.717, 1.165) is 11.3 Å². The zero-order valence-electron chi connectivity index (χ0n) is 9.12. The van der Waals surface area contributed by atoms with Gasteiger partial charge in [-0.1, -0.05) is 30.3 Å².